The van der Waals surface area contributed by atoms with E-state index in [-0.39, 0.29) is 23.3 Å². The van der Waals surface area contributed by atoms with Gasteiger partial charge in [0.2, 0.25) is 0 Å². The van der Waals surface area contributed by atoms with Crippen molar-refractivity contribution in [1.29, 1.82) is 0 Å². The molecule has 146 valence electrons. The summed E-state index contributed by atoms with van der Waals surface area (Å²) in [5.41, 5.74) is 1.41. The first-order chi connectivity index (χ1) is 13.3. The molecule has 1 aliphatic rings. The fourth-order valence-electron chi connectivity index (χ4n) is 3.59. The fourth-order valence-corrected chi connectivity index (χ4v) is 3.59. The first-order valence-corrected chi connectivity index (χ1v) is 9.36. The van der Waals surface area contributed by atoms with Gasteiger partial charge < -0.3 is 10.2 Å². The maximum Gasteiger partial charge on any atom is 0.257 e. The number of carbonyl (C=O) groups is 1. The molecule has 1 N–H and O–H groups in total. The van der Waals surface area contributed by atoms with Crippen LogP contribution in [0, 0.1) is 5.82 Å². The zero-order valence-electron chi connectivity index (χ0n) is 16.2. The second kappa shape index (κ2) is 6.85. The van der Waals surface area contributed by atoms with Crippen molar-refractivity contribution in [2.24, 2.45) is 0 Å². The van der Waals surface area contributed by atoms with Crippen LogP contribution in [0.15, 0.2) is 36.9 Å². The molecule has 7 nitrogen and oxygen atoms in total. The number of hydrogen-bond acceptors (Lipinski definition) is 5. The van der Waals surface area contributed by atoms with Gasteiger partial charge in [0.15, 0.2) is 5.65 Å². The van der Waals surface area contributed by atoms with E-state index in [1.807, 2.05) is 26.8 Å². The fraction of sp³-hybridized carbons (Fsp3) is 0.400. The highest BCUT2D eigenvalue weighted by Crippen LogP contribution is 2.35. The predicted octanol–water partition coefficient (Wildman–Crippen LogP) is 3.13. The van der Waals surface area contributed by atoms with Crippen molar-refractivity contribution in [1.82, 2.24) is 24.9 Å². The van der Waals surface area contributed by atoms with Gasteiger partial charge in [0.25, 0.3) is 5.91 Å². The Kier molecular flexibility index (Phi) is 4.49. The summed E-state index contributed by atoms with van der Waals surface area (Å²) in [4.78, 5) is 23.5. The van der Waals surface area contributed by atoms with Crippen LogP contribution in [0.4, 0.5) is 10.2 Å². The van der Waals surface area contributed by atoms with Gasteiger partial charge in [-0.2, -0.15) is 5.10 Å². The highest BCUT2D eigenvalue weighted by molar-refractivity contribution is 6.00. The summed E-state index contributed by atoms with van der Waals surface area (Å²) in [6, 6.07) is 3.40. The minimum Gasteiger partial charge on any atom is -0.349 e. The summed E-state index contributed by atoms with van der Waals surface area (Å²) in [5, 5.41) is 7.19. The first-order valence-electron chi connectivity index (χ1n) is 9.36. The standard InChI is InChI=1S/C20H23FN6O/c1-20(2,3)25-19(28)15-12-23-27-8-6-17(24-18(15)27)26-7-4-5-16(26)13-9-14(21)11-22-10-13/h6,8-12,16H,4-5,7H2,1-3H3,(H,25,28). The number of halogens is 1. The monoisotopic (exact) mass is 382 g/mol. The van der Waals surface area contributed by atoms with Crippen molar-refractivity contribution in [3.8, 4) is 0 Å². The topological polar surface area (TPSA) is 75.4 Å². The smallest absolute Gasteiger partial charge is 0.257 e. The largest absolute Gasteiger partial charge is 0.349 e. The third-order valence-corrected chi connectivity index (χ3v) is 4.75. The third-order valence-electron chi connectivity index (χ3n) is 4.75. The van der Waals surface area contributed by atoms with Gasteiger partial charge >= 0.3 is 0 Å². The molecule has 4 rings (SSSR count). The molecule has 8 heteroatoms. The normalized spacial score (nSPS) is 17.3. The molecule has 28 heavy (non-hydrogen) atoms. The zero-order valence-corrected chi connectivity index (χ0v) is 16.2. The Labute approximate surface area is 162 Å². The first kappa shape index (κ1) is 18.3. The Balaban J connectivity index is 1.69. The van der Waals surface area contributed by atoms with Crippen molar-refractivity contribution < 1.29 is 9.18 Å². The number of aromatic nitrogens is 4. The molecule has 1 amide bonds. The van der Waals surface area contributed by atoms with Crippen molar-refractivity contribution in [3.05, 3.63) is 53.9 Å². The molecule has 3 aromatic heterocycles. The van der Waals surface area contributed by atoms with E-state index >= 15 is 0 Å². The Morgan fingerprint density at radius 2 is 2.11 bits per heavy atom. The Morgan fingerprint density at radius 3 is 2.86 bits per heavy atom. The highest BCUT2D eigenvalue weighted by Gasteiger charge is 2.28. The van der Waals surface area contributed by atoms with E-state index in [9.17, 15) is 9.18 Å². The summed E-state index contributed by atoms with van der Waals surface area (Å²) >= 11 is 0. The minimum absolute atomic E-state index is 0.00734. The molecule has 0 saturated carbocycles. The Hall–Kier alpha value is -3.03. The number of anilines is 1. The second-order valence-electron chi connectivity index (χ2n) is 8.10. The van der Waals surface area contributed by atoms with Gasteiger partial charge in [-0.15, -0.1) is 0 Å². The number of rotatable bonds is 3. The average molecular weight is 382 g/mol. The molecule has 0 aliphatic carbocycles. The number of nitrogens with one attached hydrogen (secondary N) is 1. The summed E-state index contributed by atoms with van der Waals surface area (Å²) in [7, 11) is 0. The number of hydrogen-bond donors (Lipinski definition) is 1. The Morgan fingerprint density at radius 1 is 1.29 bits per heavy atom. The zero-order chi connectivity index (χ0) is 19.9. The van der Waals surface area contributed by atoms with Crippen LogP contribution >= 0.6 is 0 Å². The molecule has 1 aliphatic heterocycles. The average Bonchev–Trinajstić information content (AvgIpc) is 3.26. The lowest BCUT2D eigenvalue weighted by atomic mass is 10.1. The van der Waals surface area contributed by atoms with E-state index < -0.39 is 0 Å². The van der Waals surface area contributed by atoms with E-state index in [1.165, 1.54) is 18.5 Å². The highest BCUT2D eigenvalue weighted by atomic mass is 19.1. The van der Waals surface area contributed by atoms with Gasteiger partial charge in [-0.1, -0.05) is 0 Å². The van der Waals surface area contributed by atoms with Gasteiger partial charge in [0.05, 0.1) is 18.4 Å². The molecule has 1 fully saturated rings. The molecular formula is C20H23FN6O. The van der Waals surface area contributed by atoms with Gasteiger partial charge in [-0.05, 0) is 51.3 Å². The molecule has 3 aromatic rings. The van der Waals surface area contributed by atoms with Gasteiger partial charge in [-0.25, -0.2) is 13.9 Å². The van der Waals surface area contributed by atoms with E-state index in [0.717, 1.165) is 30.8 Å². The molecule has 1 unspecified atom stereocenters. The van der Waals surface area contributed by atoms with Gasteiger partial charge in [-0.3, -0.25) is 9.78 Å². The SMILES string of the molecule is CC(C)(C)NC(=O)c1cnn2ccc(N3CCCC3c3cncc(F)c3)nc12. The summed E-state index contributed by atoms with van der Waals surface area (Å²) in [6.07, 6.45) is 8.11. The lowest BCUT2D eigenvalue weighted by Crippen LogP contribution is -2.40. The van der Waals surface area contributed by atoms with E-state index in [1.54, 1.807) is 16.9 Å². The molecule has 0 aromatic carbocycles. The quantitative estimate of drug-likeness (QED) is 0.753. The molecule has 1 saturated heterocycles. The van der Waals surface area contributed by atoms with Crippen LogP contribution in [0.5, 0.6) is 0 Å². The number of carbonyl (C=O) groups excluding carboxylic acids is 1. The van der Waals surface area contributed by atoms with Crippen molar-refractivity contribution in [2.75, 3.05) is 11.4 Å². The van der Waals surface area contributed by atoms with E-state index in [0.29, 0.717) is 11.2 Å². The lowest BCUT2D eigenvalue weighted by molar-refractivity contribution is 0.0921. The number of fused-ring (bicyclic) bond motifs is 1. The molecule has 0 radical (unpaired) electrons. The maximum atomic E-state index is 13.6. The lowest BCUT2D eigenvalue weighted by Gasteiger charge is -2.26. The van der Waals surface area contributed by atoms with Crippen LogP contribution in [0.25, 0.3) is 5.65 Å². The third kappa shape index (κ3) is 3.54. The Bertz CT molecular complexity index is 1020. The molecule has 0 bridgehead atoms. The summed E-state index contributed by atoms with van der Waals surface area (Å²) in [5.74, 6) is 0.189. The second-order valence-corrected chi connectivity index (χ2v) is 8.10. The molecule has 0 spiro atoms. The number of amides is 1. The van der Waals surface area contributed by atoms with Crippen LogP contribution < -0.4 is 10.2 Å². The molecular weight excluding hydrogens is 359 g/mol. The van der Waals surface area contributed by atoms with Gasteiger partial charge in [0, 0.05) is 24.5 Å². The number of pyridine rings is 1. The van der Waals surface area contributed by atoms with Crippen LogP contribution in [-0.4, -0.2) is 37.6 Å². The minimum atomic E-state index is -0.354. The van der Waals surface area contributed by atoms with Crippen LogP contribution in [0.2, 0.25) is 0 Å². The van der Waals surface area contributed by atoms with Crippen molar-refractivity contribution in [3.63, 3.8) is 0 Å². The molecule has 4 heterocycles. The van der Waals surface area contributed by atoms with Gasteiger partial charge in [0.1, 0.15) is 17.2 Å². The number of nitrogens with zero attached hydrogens (tertiary/aromatic N) is 5. The van der Waals surface area contributed by atoms with Crippen LogP contribution in [0.3, 0.4) is 0 Å². The van der Waals surface area contributed by atoms with E-state index in [4.69, 9.17) is 4.98 Å². The van der Waals surface area contributed by atoms with Crippen LogP contribution in [0.1, 0.15) is 55.6 Å². The van der Waals surface area contributed by atoms with Crippen LogP contribution in [-0.2, 0) is 0 Å². The summed E-state index contributed by atoms with van der Waals surface area (Å²) in [6.45, 7) is 6.59. The van der Waals surface area contributed by atoms with E-state index in [2.05, 4.69) is 20.3 Å². The molecule has 1 atom stereocenters. The maximum absolute atomic E-state index is 13.6. The summed E-state index contributed by atoms with van der Waals surface area (Å²) < 4.78 is 15.2. The predicted molar refractivity (Wildman–Crippen MR) is 104 cm³/mol. The van der Waals surface area contributed by atoms with Crippen molar-refractivity contribution in [2.45, 2.75) is 45.2 Å². The van der Waals surface area contributed by atoms with Crippen molar-refractivity contribution >= 4 is 17.4 Å².